The van der Waals surface area contributed by atoms with Crippen molar-refractivity contribution in [1.29, 1.82) is 0 Å². The SMILES string of the molecule is CC1c2ccsc2CCN1C(=O)C1CNC(=O)CN1. The number of thiophene rings is 1. The van der Waals surface area contributed by atoms with Crippen LogP contribution in [0.4, 0.5) is 0 Å². The van der Waals surface area contributed by atoms with E-state index in [-0.39, 0.29) is 30.4 Å². The number of hydrogen-bond acceptors (Lipinski definition) is 4. The molecule has 3 rings (SSSR count). The second-order valence-corrected chi connectivity index (χ2v) is 5.99. The molecule has 0 aromatic carbocycles. The summed E-state index contributed by atoms with van der Waals surface area (Å²) in [5.41, 5.74) is 1.27. The summed E-state index contributed by atoms with van der Waals surface area (Å²) < 4.78 is 0. The van der Waals surface area contributed by atoms with Crippen molar-refractivity contribution in [1.82, 2.24) is 15.5 Å². The van der Waals surface area contributed by atoms with Crippen molar-refractivity contribution < 1.29 is 9.59 Å². The minimum atomic E-state index is -0.291. The Bertz CT molecular complexity index is 504. The number of nitrogens with zero attached hydrogens (tertiary/aromatic N) is 1. The molecule has 1 aromatic rings. The Balaban J connectivity index is 1.73. The summed E-state index contributed by atoms with van der Waals surface area (Å²) in [6.07, 6.45) is 0.933. The lowest BCUT2D eigenvalue weighted by Gasteiger charge is -2.37. The number of nitrogens with one attached hydrogen (secondary N) is 2. The van der Waals surface area contributed by atoms with E-state index >= 15 is 0 Å². The summed E-state index contributed by atoms with van der Waals surface area (Å²) in [6.45, 7) is 3.45. The molecule has 1 fully saturated rings. The standard InChI is InChI=1S/C13H17N3O2S/c1-8-9-3-5-19-11(9)2-4-16(8)13(18)10-6-15-12(17)7-14-10/h3,5,8,10,14H,2,4,6-7H2,1H3,(H,15,17). The first-order valence-electron chi connectivity index (χ1n) is 6.53. The fraction of sp³-hybridized carbons (Fsp3) is 0.538. The van der Waals surface area contributed by atoms with Gasteiger partial charge in [0.2, 0.25) is 11.8 Å². The van der Waals surface area contributed by atoms with Gasteiger partial charge in [0.15, 0.2) is 0 Å². The predicted molar refractivity (Wildman–Crippen MR) is 73.0 cm³/mol. The molecule has 2 N–H and O–H groups in total. The van der Waals surface area contributed by atoms with Gasteiger partial charge in [-0.15, -0.1) is 11.3 Å². The van der Waals surface area contributed by atoms with Gasteiger partial charge in [0, 0.05) is 18.0 Å². The van der Waals surface area contributed by atoms with Gasteiger partial charge in [-0.2, -0.15) is 0 Å². The molecule has 0 radical (unpaired) electrons. The van der Waals surface area contributed by atoms with Crippen LogP contribution in [0.1, 0.15) is 23.4 Å². The molecule has 2 atom stereocenters. The van der Waals surface area contributed by atoms with Gasteiger partial charge in [-0.1, -0.05) is 0 Å². The van der Waals surface area contributed by atoms with Gasteiger partial charge in [-0.25, -0.2) is 0 Å². The molecule has 102 valence electrons. The fourth-order valence-corrected chi connectivity index (χ4v) is 3.71. The molecule has 1 saturated heterocycles. The minimum absolute atomic E-state index is 0.0455. The second-order valence-electron chi connectivity index (χ2n) is 4.99. The van der Waals surface area contributed by atoms with Crippen molar-refractivity contribution in [2.75, 3.05) is 19.6 Å². The van der Waals surface area contributed by atoms with Crippen LogP contribution in [-0.4, -0.2) is 42.4 Å². The molecule has 2 unspecified atom stereocenters. The summed E-state index contributed by atoms with van der Waals surface area (Å²) >= 11 is 1.77. The number of carbonyl (C=O) groups excluding carboxylic acids is 2. The number of carbonyl (C=O) groups is 2. The van der Waals surface area contributed by atoms with Crippen LogP contribution in [0.15, 0.2) is 11.4 Å². The number of rotatable bonds is 1. The maximum absolute atomic E-state index is 12.5. The highest BCUT2D eigenvalue weighted by Crippen LogP contribution is 2.33. The van der Waals surface area contributed by atoms with E-state index in [4.69, 9.17) is 0 Å². The van der Waals surface area contributed by atoms with Crippen LogP contribution in [-0.2, 0) is 16.0 Å². The Morgan fingerprint density at radius 3 is 3.11 bits per heavy atom. The van der Waals surface area contributed by atoms with Gasteiger partial charge in [0.05, 0.1) is 12.6 Å². The third-order valence-electron chi connectivity index (χ3n) is 3.87. The highest BCUT2D eigenvalue weighted by atomic mass is 32.1. The van der Waals surface area contributed by atoms with Crippen LogP contribution < -0.4 is 10.6 Å². The van der Waals surface area contributed by atoms with Crippen molar-refractivity contribution in [2.24, 2.45) is 0 Å². The molecule has 2 aliphatic heterocycles. The van der Waals surface area contributed by atoms with Gasteiger partial charge in [-0.3, -0.25) is 14.9 Å². The van der Waals surface area contributed by atoms with Crippen molar-refractivity contribution in [3.63, 3.8) is 0 Å². The van der Waals surface area contributed by atoms with Crippen LogP contribution in [0.5, 0.6) is 0 Å². The lowest BCUT2D eigenvalue weighted by Crippen LogP contribution is -2.59. The Morgan fingerprint density at radius 2 is 2.37 bits per heavy atom. The minimum Gasteiger partial charge on any atom is -0.353 e. The molecule has 2 aliphatic rings. The third-order valence-corrected chi connectivity index (χ3v) is 4.87. The van der Waals surface area contributed by atoms with Crippen LogP contribution in [0.2, 0.25) is 0 Å². The lowest BCUT2D eigenvalue weighted by molar-refractivity contribution is -0.137. The first kappa shape index (κ1) is 12.6. The van der Waals surface area contributed by atoms with Gasteiger partial charge >= 0.3 is 0 Å². The zero-order chi connectivity index (χ0) is 13.4. The number of fused-ring (bicyclic) bond motifs is 1. The summed E-state index contributed by atoms with van der Waals surface area (Å²) in [5, 5.41) is 7.83. The molecule has 0 aliphatic carbocycles. The van der Waals surface area contributed by atoms with Gasteiger partial charge in [0.25, 0.3) is 0 Å². The largest absolute Gasteiger partial charge is 0.353 e. The predicted octanol–water partition coefficient (Wildman–Crippen LogP) is 0.282. The molecule has 0 spiro atoms. The first-order chi connectivity index (χ1) is 9.16. The van der Waals surface area contributed by atoms with Gasteiger partial charge in [-0.05, 0) is 30.4 Å². The van der Waals surface area contributed by atoms with Gasteiger partial charge < -0.3 is 10.2 Å². The summed E-state index contributed by atoms with van der Waals surface area (Å²) in [6, 6.07) is 1.95. The Labute approximate surface area is 116 Å². The van der Waals surface area contributed by atoms with Crippen molar-refractivity contribution >= 4 is 23.2 Å². The molecule has 1 aromatic heterocycles. The molecular weight excluding hydrogens is 262 g/mol. The number of amides is 2. The van der Waals surface area contributed by atoms with Crippen LogP contribution in [0.25, 0.3) is 0 Å². The highest BCUT2D eigenvalue weighted by Gasteiger charge is 2.33. The van der Waals surface area contributed by atoms with Crippen molar-refractivity contribution in [3.8, 4) is 0 Å². The smallest absolute Gasteiger partial charge is 0.242 e. The maximum atomic E-state index is 12.5. The normalized spacial score (nSPS) is 26.8. The molecule has 3 heterocycles. The van der Waals surface area contributed by atoms with E-state index in [1.165, 1.54) is 10.4 Å². The molecule has 0 bridgehead atoms. The molecule has 0 saturated carbocycles. The average Bonchev–Trinajstić information content (AvgIpc) is 2.88. The van der Waals surface area contributed by atoms with Crippen molar-refractivity contribution in [2.45, 2.75) is 25.4 Å². The molecular formula is C13H17N3O2S. The van der Waals surface area contributed by atoms with E-state index < -0.39 is 0 Å². The molecule has 6 heteroatoms. The molecule has 5 nitrogen and oxygen atoms in total. The number of hydrogen-bond donors (Lipinski definition) is 2. The maximum Gasteiger partial charge on any atom is 0.242 e. The first-order valence-corrected chi connectivity index (χ1v) is 7.41. The Kier molecular flexibility index (Phi) is 3.28. The van der Waals surface area contributed by atoms with Crippen LogP contribution in [0, 0.1) is 0 Å². The Morgan fingerprint density at radius 1 is 1.53 bits per heavy atom. The van der Waals surface area contributed by atoms with Crippen LogP contribution in [0.3, 0.4) is 0 Å². The van der Waals surface area contributed by atoms with E-state index in [9.17, 15) is 9.59 Å². The number of piperazine rings is 1. The van der Waals surface area contributed by atoms with Crippen LogP contribution >= 0.6 is 11.3 Å². The van der Waals surface area contributed by atoms with E-state index in [0.717, 1.165) is 13.0 Å². The second kappa shape index (κ2) is 4.94. The zero-order valence-corrected chi connectivity index (χ0v) is 11.6. The fourth-order valence-electron chi connectivity index (χ4n) is 2.75. The van der Waals surface area contributed by atoms with E-state index in [1.807, 2.05) is 4.90 Å². The van der Waals surface area contributed by atoms with E-state index in [0.29, 0.717) is 6.54 Å². The van der Waals surface area contributed by atoms with E-state index in [1.54, 1.807) is 11.3 Å². The summed E-state index contributed by atoms with van der Waals surface area (Å²) in [5.74, 6) is 0.0419. The summed E-state index contributed by atoms with van der Waals surface area (Å²) in [7, 11) is 0. The topological polar surface area (TPSA) is 61.4 Å². The molecule has 2 amide bonds. The lowest BCUT2D eigenvalue weighted by atomic mass is 10.00. The average molecular weight is 279 g/mol. The third kappa shape index (κ3) is 2.26. The van der Waals surface area contributed by atoms with Crippen molar-refractivity contribution in [3.05, 3.63) is 21.9 Å². The van der Waals surface area contributed by atoms with E-state index in [2.05, 4.69) is 29.0 Å². The zero-order valence-electron chi connectivity index (χ0n) is 10.8. The summed E-state index contributed by atoms with van der Waals surface area (Å²) in [4.78, 5) is 26.9. The van der Waals surface area contributed by atoms with Gasteiger partial charge in [0.1, 0.15) is 6.04 Å². The quantitative estimate of drug-likeness (QED) is 0.776. The monoisotopic (exact) mass is 279 g/mol. The molecule has 19 heavy (non-hydrogen) atoms. The Hall–Kier alpha value is -1.40. The highest BCUT2D eigenvalue weighted by molar-refractivity contribution is 7.10.